The predicted molar refractivity (Wildman–Crippen MR) is 91.1 cm³/mol. The van der Waals surface area contributed by atoms with Gasteiger partial charge in [-0.2, -0.15) is 4.31 Å². The lowest BCUT2D eigenvalue weighted by molar-refractivity contribution is 0.164. The fourth-order valence-corrected chi connectivity index (χ4v) is 4.82. The molecule has 1 aliphatic heterocycles. The van der Waals surface area contributed by atoms with Crippen LogP contribution in [0.1, 0.15) is 19.8 Å². The number of benzene rings is 1. The zero-order chi connectivity index (χ0) is 16.9. The fraction of sp³-hybridized carbons (Fsp3) is 0.625. The summed E-state index contributed by atoms with van der Waals surface area (Å²) in [6, 6.07) is 6.65. The molecule has 1 aromatic carbocycles. The maximum atomic E-state index is 12.9. The molecule has 0 radical (unpaired) electrons. The van der Waals surface area contributed by atoms with Crippen molar-refractivity contribution in [3.63, 3.8) is 0 Å². The molecule has 130 valence electrons. The van der Waals surface area contributed by atoms with Gasteiger partial charge in [0.05, 0.1) is 12.0 Å². The Hall–Kier alpha value is -1.15. The van der Waals surface area contributed by atoms with Crippen LogP contribution in [-0.2, 0) is 10.0 Å². The van der Waals surface area contributed by atoms with Crippen LogP contribution in [0.5, 0.6) is 5.75 Å². The summed E-state index contributed by atoms with van der Waals surface area (Å²) in [6.45, 7) is 5.70. The third kappa shape index (κ3) is 4.23. The van der Waals surface area contributed by atoms with E-state index in [1.54, 1.807) is 35.7 Å². The summed E-state index contributed by atoms with van der Waals surface area (Å²) in [4.78, 5) is 2.62. The highest BCUT2D eigenvalue weighted by atomic mass is 32.2. The first-order chi connectivity index (χ1) is 11.0. The number of hydrogen-bond donors (Lipinski definition) is 1. The van der Waals surface area contributed by atoms with Gasteiger partial charge in [-0.05, 0) is 50.2 Å². The molecular formula is C16H27N3O3S. The van der Waals surface area contributed by atoms with E-state index in [2.05, 4.69) is 4.90 Å². The quantitative estimate of drug-likeness (QED) is 0.804. The maximum absolute atomic E-state index is 12.9. The molecular weight excluding hydrogens is 314 g/mol. The second-order valence-electron chi connectivity index (χ2n) is 5.75. The topological polar surface area (TPSA) is 75.9 Å². The number of ether oxygens (including phenoxy) is 1. The Morgan fingerprint density at radius 3 is 2.35 bits per heavy atom. The Labute approximate surface area is 139 Å². The minimum absolute atomic E-state index is 0.0566. The first-order valence-electron chi connectivity index (χ1n) is 8.11. The van der Waals surface area contributed by atoms with Crippen molar-refractivity contribution in [3.8, 4) is 5.75 Å². The number of nitrogens with two attached hydrogens (primary N) is 1. The van der Waals surface area contributed by atoms with Crippen molar-refractivity contribution in [1.82, 2.24) is 9.21 Å². The first kappa shape index (κ1) is 18.2. The van der Waals surface area contributed by atoms with E-state index in [0.717, 1.165) is 32.5 Å². The zero-order valence-corrected chi connectivity index (χ0v) is 14.8. The molecule has 0 saturated carbocycles. The molecule has 6 nitrogen and oxygen atoms in total. The standard InChI is InChI=1S/C16H27N3O3S/c1-3-19(14-8-11-18(12-9-14)13-10-17)23(20,21)16-6-4-15(22-2)5-7-16/h4-7,14H,3,8-13,17H2,1-2H3. The van der Waals surface area contributed by atoms with E-state index in [-0.39, 0.29) is 6.04 Å². The second kappa shape index (κ2) is 8.10. The monoisotopic (exact) mass is 341 g/mol. The van der Waals surface area contributed by atoms with E-state index in [0.29, 0.717) is 23.7 Å². The van der Waals surface area contributed by atoms with E-state index in [9.17, 15) is 8.42 Å². The van der Waals surface area contributed by atoms with Gasteiger partial charge in [0.25, 0.3) is 0 Å². The molecule has 1 aromatic rings. The maximum Gasteiger partial charge on any atom is 0.243 e. The SMILES string of the molecule is CCN(C1CCN(CCN)CC1)S(=O)(=O)c1ccc(OC)cc1. The average Bonchev–Trinajstić information content (AvgIpc) is 2.57. The molecule has 7 heteroatoms. The molecule has 2 rings (SSSR count). The lowest BCUT2D eigenvalue weighted by atomic mass is 10.1. The van der Waals surface area contributed by atoms with Gasteiger partial charge in [-0.3, -0.25) is 0 Å². The van der Waals surface area contributed by atoms with Crippen LogP contribution in [0.2, 0.25) is 0 Å². The third-order valence-electron chi connectivity index (χ3n) is 4.39. The lowest BCUT2D eigenvalue weighted by Gasteiger charge is -2.37. The Kier molecular flexibility index (Phi) is 6.41. The highest BCUT2D eigenvalue weighted by Crippen LogP contribution is 2.25. The summed E-state index contributed by atoms with van der Waals surface area (Å²) in [5.74, 6) is 0.655. The van der Waals surface area contributed by atoms with Gasteiger partial charge in [0.2, 0.25) is 10.0 Å². The van der Waals surface area contributed by atoms with Gasteiger partial charge in [-0.15, -0.1) is 0 Å². The normalized spacial score (nSPS) is 17.6. The van der Waals surface area contributed by atoms with Crippen LogP contribution >= 0.6 is 0 Å². The summed E-state index contributed by atoms with van der Waals surface area (Å²) >= 11 is 0. The molecule has 0 aliphatic carbocycles. The molecule has 0 amide bonds. The number of sulfonamides is 1. The van der Waals surface area contributed by atoms with E-state index >= 15 is 0 Å². The minimum atomic E-state index is -3.47. The molecule has 23 heavy (non-hydrogen) atoms. The lowest BCUT2D eigenvalue weighted by Crippen LogP contribution is -2.48. The molecule has 0 unspecified atom stereocenters. The number of nitrogens with zero attached hydrogens (tertiary/aromatic N) is 2. The van der Waals surface area contributed by atoms with Crippen LogP contribution in [0.4, 0.5) is 0 Å². The Morgan fingerprint density at radius 2 is 1.87 bits per heavy atom. The van der Waals surface area contributed by atoms with Crippen molar-refractivity contribution in [1.29, 1.82) is 0 Å². The molecule has 1 saturated heterocycles. The molecule has 0 aromatic heterocycles. The van der Waals surface area contributed by atoms with Crippen molar-refractivity contribution in [2.75, 3.05) is 39.8 Å². The summed E-state index contributed by atoms with van der Waals surface area (Å²) in [5, 5.41) is 0. The van der Waals surface area contributed by atoms with Gasteiger partial charge in [0.15, 0.2) is 0 Å². The number of rotatable bonds is 7. The highest BCUT2D eigenvalue weighted by molar-refractivity contribution is 7.89. The van der Waals surface area contributed by atoms with Crippen LogP contribution in [0.25, 0.3) is 0 Å². The summed E-state index contributed by atoms with van der Waals surface area (Å²) < 4.78 is 32.6. The van der Waals surface area contributed by atoms with Gasteiger partial charge in [-0.25, -0.2) is 8.42 Å². The van der Waals surface area contributed by atoms with Gasteiger partial charge in [-0.1, -0.05) is 6.92 Å². The van der Waals surface area contributed by atoms with Gasteiger partial charge < -0.3 is 15.4 Å². The summed E-state index contributed by atoms with van der Waals surface area (Å²) in [6.07, 6.45) is 1.70. The molecule has 0 bridgehead atoms. The third-order valence-corrected chi connectivity index (χ3v) is 6.43. The van der Waals surface area contributed by atoms with Crippen LogP contribution in [0.3, 0.4) is 0 Å². The molecule has 0 spiro atoms. The van der Waals surface area contributed by atoms with Crippen LogP contribution in [0.15, 0.2) is 29.2 Å². The molecule has 0 atom stereocenters. The van der Waals surface area contributed by atoms with Crippen LogP contribution < -0.4 is 10.5 Å². The molecule has 1 heterocycles. The Bertz CT molecular complexity index is 581. The summed E-state index contributed by atoms with van der Waals surface area (Å²) in [5.41, 5.74) is 5.59. The first-order valence-corrected chi connectivity index (χ1v) is 9.55. The largest absolute Gasteiger partial charge is 0.497 e. The van der Waals surface area contributed by atoms with Crippen molar-refractivity contribution >= 4 is 10.0 Å². The van der Waals surface area contributed by atoms with Crippen molar-refractivity contribution < 1.29 is 13.2 Å². The van der Waals surface area contributed by atoms with Crippen LogP contribution in [-0.4, -0.2) is 63.5 Å². The number of hydrogen-bond acceptors (Lipinski definition) is 5. The van der Waals surface area contributed by atoms with E-state index in [1.165, 1.54) is 0 Å². The molecule has 1 aliphatic rings. The average molecular weight is 341 g/mol. The summed E-state index contributed by atoms with van der Waals surface area (Å²) in [7, 11) is -1.90. The van der Waals surface area contributed by atoms with E-state index in [1.807, 2.05) is 6.92 Å². The van der Waals surface area contributed by atoms with Gasteiger partial charge in [0.1, 0.15) is 5.75 Å². The zero-order valence-electron chi connectivity index (χ0n) is 13.9. The fourth-order valence-electron chi connectivity index (χ4n) is 3.12. The van der Waals surface area contributed by atoms with E-state index in [4.69, 9.17) is 10.5 Å². The molecule has 1 fully saturated rings. The number of piperidine rings is 1. The number of likely N-dealkylation sites (tertiary alicyclic amines) is 1. The Balaban J connectivity index is 2.12. The van der Waals surface area contributed by atoms with Crippen LogP contribution in [0, 0.1) is 0 Å². The number of methoxy groups -OCH3 is 1. The van der Waals surface area contributed by atoms with Crippen molar-refractivity contribution in [3.05, 3.63) is 24.3 Å². The smallest absolute Gasteiger partial charge is 0.243 e. The predicted octanol–water partition coefficient (Wildman–Crippen LogP) is 1.13. The van der Waals surface area contributed by atoms with Gasteiger partial charge in [0, 0.05) is 25.7 Å². The van der Waals surface area contributed by atoms with Gasteiger partial charge >= 0.3 is 0 Å². The minimum Gasteiger partial charge on any atom is -0.497 e. The van der Waals surface area contributed by atoms with Crippen molar-refractivity contribution in [2.45, 2.75) is 30.7 Å². The Morgan fingerprint density at radius 1 is 1.26 bits per heavy atom. The highest BCUT2D eigenvalue weighted by Gasteiger charge is 2.32. The van der Waals surface area contributed by atoms with E-state index < -0.39 is 10.0 Å². The van der Waals surface area contributed by atoms with Crippen molar-refractivity contribution in [2.24, 2.45) is 5.73 Å². The second-order valence-corrected chi connectivity index (χ2v) is 7.64. The molecule has 2 N–H and O–H groups in total.